The predicted molar refractivity (Wildman–Crippen MR) is 33.9 cm³/mol. The molecule has 0 aliphatic rings. The topological polar surface area (TPSA) is 112 Å². The number of nitrogens with zero attached hydrogens (tertiary/aromatic N) is 2. The highest BCUT2D eigenvalue weighted by molar-refractivity contribution is 5.74. The van der Waals surface area contributed by atoms with Gasteiger partial charge in [0.2, 0.25) is 5.96 Å². The van der Waals surface area contributed by atoms with Crippen LogP contribution in [0.4, 0.5) is 0 Å². The van der Waals surface area contributed by atoms with E-state index in [9.17, 15) is 4.79 Å². The standard InChI is InChI=1S/C4H8N4O2/c5-4(6)8-7-2-1-3(9)10/h1-2H2,(H3,5,6)(H,9,10). The molecule has 0 aliphatic carbocycles. The molecule has 0 aromatic carbocycles. The van der Waals surface area contributed by atoms with Crippen LogP contribution in [-0.2, 0) is 4.79 Å². The molecule has 6 heteroatoms. The molecular formula is C4H8N4O2. The third kappa shape index (κ3) is 6.54. The van der Waals surface area contributed by atoms with Crippen molar-refractivity contribution in [2.24, 2.45) is 16.0 Å². The molecule has 56 valence electrons. The molecule has 0 spiro atoms. The van der Waals surface area contributed by atoms with E-state index < -0.39 is 11.9 Å². The highest BCUT2D eigenvalue weighted by atomic mass is 16.4. The fourth-order valence-electron chi connectivity index (χ4n) is 0.272. The molecule has 4 N–H and O–H groups in total. The number of carboxylic acid groups (broad SMARTS) is 1. The minimum Gasteiger partial charge on any atom is -0.481 e. The van der Waals surface area contributed by atoms with Crippen LogP contribution >= 0.6 is 0 Å². The Bertz CT molecular complexity index is 165. The number of azo groups is 1. The van der Waals surface area contributed by atoms with Crippen LogP contribution in [0.2, 0.25) is 0 Å². The fourth-order valence-corrected chi connectivity index (χ4v) is 0.272. The summed E-state index contributed by atoms with van der Waals surface area (Å²) in [5.74, 6) is -1.35. The molecule has 0 saturated carbocycles. The van der Waals surface area contributed by atoms with Gasteiger partial charge in [0.25, 0.3) is 0 Å². The van der Waals surface area contributed by atoms with Gasteiger partial charge >= 0.3 is 5.97 Å². The van der Waals surface area contributed by atoms with E-state index in [2.05, 4.69) is 10.2 Å². The lowest BCUT2D eigenvalue weighted by atomic mass is 10.4. The Kier molecular flexibility index (Phi) is 3.78. The molecule has 0 bridgehead atoms. The van der Waals surface area contributed by atoms with E-state index in [1.165, 1.54) is 0 Å². The number of carboxylic acids is 1. The van der Waals surface area contributed by atoms with Gasteiger partial charge in [-0.25, -0.2) is 0 Å². The van der Waals surface area contributed by atoms with Gasteiger partial charge in [0, 0.05) is 0 Å². The molecule has 0 heterocycles. The zero-order valence-electron chi connectivity index (χ0n) is 5.24. The van der Waals surface area contributed by atoms with Gasteiger partial charge in [-0.3, -0.25) is 10.2 Å². The van der Waals surface area contributed by atoms with E-state index in [0.29, 0.717) is 0 Å². The average molecular weight is 144 g/mol. The maximum absolute atomic E-state index is 9.86. The Balaban J connectivity index is 3.36. The normalized spacial score (nSPS) is 10.0. The minimum absolute atomic E-state index is 0.0644. The van der Waals surface area contributed by atoms with Crippen molar-refractivity contribution in [3.05, 3.63) is 0 Å². The smallest absolute Gasteiger partial charge is 0.305 e. The summed E-state index contributed by atoms with van der Waals surface area (Å²) in [4.78, 5) is 9.86. The fraction of sp³-hybridized carbons (Fsp3) is 0.500. The molecule has 6 nitrogen and oxygen atoms in total. The van der Waals surface area contributed by atoms with Crippen LogP contribution in [0.15, 0.2) is 10.2 Å². The summed E-state index contributed by atoms with van der Waals surface area (Å²) in [6.45, 7) is 0.0644. The van der Waals surface area contributed by atoms with Gasteiger partial charge in [-0.05, 0) is 0 Å². The Morgan fingerprint density at radius 2 is 2.30 bits per heavy atom. The maximum atomic E-state index is 9.86. The van der Waals surface area contributed by atoms with E-state index in [0.717, 1.165) is 0 Å². The molecule has 10 heavy (non-hydrogen) atoms. The Morgan fingerprint density at radius 3 is 2.70 bits per heavy atom. The summed E-state index contributed by atoms with van der Waals surface area (Å²) in [5.41, 5.74) is 4.78. The summed E-state index contributed by atoms with van der Waals surface area (Å²) < 4.78 is 0. The monoisotopic (exact) mass is 144 g/mol. The molecule has 0 aromatic heterocycles. The molecule has 0 aromatic rings. The predicted octanol–water partition coefficient (Wildman–Crippen LogP) is -0.193. The van der Waals surface area contributed by atoms with Crippen LogP contribution in [0, 0.1) is 5.41 Å². The summed E-state index contributed by atoms with van der Waals surface area (Å²) >= 11 is 0. The van der Waals surface area contributed by atoms with Crippen molar-refractivity contribution in [2.75, 3.05) is 6.54 Å². The first kappa shape index (κ1) is 8.54. The van der Waals surface area contributed by atoms with Crippen molar-refractivity contribution in [3.63, 3.8) is 0 Å². The maximum Gasteiger partial charge on any atom is 0.305 e. The van der Waals surface area contributed by atoms with Crippen molar-refractivity contribution in [2.45, 2.75) is 6.42 Å². The van der Waals surface area contributed by atoms with E-state index in [1.807, 2.05) is 0 Å². The lowest BCUT2D eigenvalue weighted by molar-refractivity contribution is -0.136. The number of guanidine groups is 1. The second-order valence-electron chi connectivity index (χ2n) is 1.49. The van der Waals surface area contributed by atoms with Gasteiger partial charge in [-0.15, -0.1) is 5.11 Å². The number of hydrogen-bond donors (Lipinski definition) is 3. The Labute approximate surface area is 57.3 Å². The van der Waals surface area contributed by atoms with Crippen molar-refractivity contribution in [1.82, 2.24) is 0 Å². The molecule has 0 rings (SSSR count). The molecule has 0 amide bonds. The van der Waals surface area contributed by atoms with Gasteiger partial charge in [0.15, 0.2) is 0 Å². The SMILES string of the molecule is N=C(N)N=NCCC(=O)O. The number of rotatable bonds is 3. The van der Waals surface area contributed by atoms with Crippen molar-refractivity contribution in [1.29, 1.82) is 5.41 Å². The van der Waals surface area contributed by atoms with Gasteiger partial charge in [0.1, 0.15) is 0 Å². The summed E-state index contributed by atoms with van der Waals surface area (Å²) in [5, 5.41) is 21.1. The van der Waals surface area contributed by atoms with E-state index >= 15 is 0 Å². The number of aliphatic carboxylic acids is 1. The van der Waals surface area contributed by atoms with E-state index in [-0.39, 0.29) is 13.0 Å². The number of nitrogens with one attached hydrogen (secondary N) is 1. The van der Waals surface area contributed by atoms with Crippen molar-refractivity contribution < 1.29 is 9.90 Å². The van der Waals surface area contributed by atoms with Crippen LogP contribution in [-0.4, -0.2) is 23.6 Å². The van der Waals surface area contributed by atoms with Gasteiger partial charge in [-0.2, -0.15) is 5.11 Å². The molecular weight excluding hydrogens is 136 g/mol. The highest BCUT2D eigenvalue weighted by Crippen LogP contribution is 1.81. The third-order valence-corrected chi connectivity index (χ3v) is 0.604. The zero-order chi connectivity index (χ0) is 7.98. The quantitative estimate of drug-likeness (QED) is 0.290. The number of hydrogen-bond acceptors (Lipinski definition) is 3. The summed E-state index contributed by atoms with van der Waals surface area (Å²) in [7, 11) is 0. The van der Waals surface area contributed by atoms with Crippen molar-refractivity contribution in [3.8, 4) is 0 Å². The first-order valence-electron chi connectivity index (χ1n) is 2.56. The second kappa shape index (κ2) is 4.42. The van der Waals surface area contributed by atoms with Gasteiger partial charge in [-0.1, -0.05) is 0 Å². The number of nitrogens with two attached hydrogens (primary N) is 1. The number of carbonyl (C=O) groups is 1. The molecule has 0 aliphatic heterocycles. The minimum atomic E-state index is -0.942. The highest BCUT2D eigenvalue weighted by Gasteiger charge is 1.92. The first-order chi connectivity index (χ1) is 4.63. The molecule has 0 unspecified atom stereocenters. The molecule has 0 fully saturated rings. The molecule has 0 radical (unpaired) electrons. The molecule has 0 atom stereocenters. The van der Waals surface area contributed by atoms with Crippen LogP contribution < -0.4 is 5.73 Å². The lowest BCUT2D eigenvalue weighted by Gasteiger charge is -1.85. The van der Waals surface area contributed by atoms with Gasteiger partial charge < -0.3 is 10.8 Å². The van der Waals surface area contributed by atoms with Crippen LogP contribution in [0.5, 0.6) is 0 Å². The van der Waals surface area contributed by atoms with E-state index in [1.54, 1.807) is 0 Å². The first-order valence-corrected chi connectivity index (χ1v) is 2.56. The summed E-state index contributed by atoms with van der Waals surface area (Å²) in [6.07, 6.45) is -0.0865. The van der Waals surface area contributed by atoms with Crippen LogP contribution in [0.25, 0.3) is 0 Å². The average Bonchev–Trinajstić information content (AvgIpc) is 1.79. The largest absolute Gasteiger partial charge is 0.481 e. The van der Waals surface area contributed by atoms with Crippen molar-refractivity contribution >= 4 is 11.9 Å². The van der Waals surface area contributed by atoms with Crippen LogP contribution in [0.1, 0.15) is 6.42 Å². The lowest BCUT2D eigenvalue weighted by Crippen LogP contribution is -2.04. The van der Waals surface area contributed by atoms with Gasteiger partial charge in [0.05, 0.1) is 13.0 Å². The molecule has 0 saturated heterocycles. The zero-order valence-corrected chi connectivity index (χ0v) is 5.24. The van der Waals surface area contributed by atoms with E-state index in [4.69, 9.17) is 16.2 Å². The second-order valence-corrected chi connectivity index (χ2v) is 1.49. The summed E-state index contributed by atoms with van der Waals surface area (Å²) in [6, 6.07) is 0. The third-order valence-electron chi connectivity index (χ3n) is 0.604. The Hall–Kier alpha value is -1.46. The Morgan fingerprint density at radius 1 is 1.70 bits per heavy atom. The van der Waals surface area contributed by atoms with Crippen LogP contribution in [0.3, 0.4) is 0 Å².